The summed E-state index contributed by atoms with van der Waals surface area (Å²) in [6.07, 6.45) is 2.00. The third-order valence-corrected chi connectivity index (χ3v) is 5.62. The highest BCUT2D eigenvalue weighted by atomic mass is 32.2. The molecule has 0 aliphatic rings. The van der Waals surface area contributed by atoms with E-state index in [4.69, 9.17) is 0 Å². The summed E-state index contributed by atoms with van der Waals surface area (Å²) in [5.74, 6) is 0.703. The van der Waals surface area contributed by atoms with E-state index >= 15 is 0 Å². The molecule has 0 aliphatic heterocycles. The molecule has 0 saturated heterocycles. The lowest BCUT2D eigenvalue weighted by molar-refractivity contribution is -0.122. The van der Waals surface area contributed by atoms with Crippen LogP contribution < -0.4 is 9.62 Å². The molecule has 5 nitrogen and oxygen atoms in total. The minimum Gasteiger partial charge on any atom is -0.353 e. The molecule has 0 spiro atoms. The fourth-order valence-electron chi connectivity index (χ4n) is 3.33. The van der Waals surface area contributed by atoms with Crippen molar-refractivity contribution in [2.45, 2.75) is 60.4 Å². The first kappa shape index (κ1) is 22.5. The molecule has 0 atom stereocenters. The normalized spacial score (nSPS) is 12.1. The maximum Gasteiger partial charge on any atom is 0.232 e. The fraction of sp³-hybridized carbons (Fsp3) is 0.650. The zero-order valence-electron chi connectivity index (χ0n) is 17.2. The number of benzene rings is 1. The van der Waals surface area contributed by atoms with Crippen molar-refractivity contribution in [1.29, 1.82) is 0 Å². The molecule has 0 radical (unpaired) electrons. The molecule has 1 N–H and O–H groups in total. The molecule has 0 aromatic heterocycles. The van der Waals surface area contributed by atoms with Crippen LogP contribution in [0.2, 0.25) is 0 Å². The number of carbonyl (C=O) groups excluding carboxylic acids is 1. The Morgan fingerprint density at radius 2 is 1.54 bits per heavy atom. The molecule has 1 amide bonds. The maximum absolute atomic E-state index is 12.3. The van der Waals surface area contributed by atoms with Gasteiger partial charge >= 0.3 is 0 Å². The largest absolute Gasteiger partial charge is 0.353 e. The molecule has 6 heteroatoms. The Balaban J connectivity index is 2.76. The average Bonchev–Trinajstić information content (AvgIpc) is 2.46. The average molecular weight is 383 g/mol. The van der Waals surface area contributed by atoms with E-state index < -0.39 is 10.0 Å². The van der Waals surface area contributed by atoms with E-state index in [1.165, 1.54) is 10.6 Å². The number of aryl methyl sites for hydroxylation is 2. The number of anilines is 1. The van der Waals surface area contributed by atoms with Gasteiger partial charge in [0.2, 0.25) is 15.9 Å². The molecule has 0 heterocycles. The molecule has 0 unspecified atom stereocenters. The number of hydrogen-bond donors (Lipinski definition) is 1. The summed E-state index contributed by atoms with van der Waals surface area (Å²) < 4.78 is 25.8. The third-order valence-electron chi connectivity index (χ3n) is 4.42. The van der Waals surface area contributed by atoms with Gasteiger partial charge in [-0.25, -0.2) is 8.42 Å². The second-order valence-corrected chi connectivity index (χ2v) is 9.77. The monoisotopic (exact) mass is 382 g/mol. The van der Waals surface area contributed by atoms with Gasteiger partial charge in [-0.2, -0.15) is 0 Å². The SMILES string of the molecule is Cc1cc(C)cc(N(CCCC(=O)NC(C(C)C)C(C)C)S(C)(=O)=O)c1. The van der Waals surface area contributed by atoms with Crippen LogP contribution in [-0.4, -0.2) is 33.2 Å². The Hall–Kier alpha value is -1.56. The summed E-state index contributed by atoms with van der Waals surface area (Å²) in [4.78, 5) is 12.3. The van der Waals surface area contributed by atoms with Gasteiger partial charge in [-0.1, -0.05) is 33.8 Å². The van der Waals surface area contributed by atoms with E-state index in [0.717, 1.165) is 11.1 Å². The third kappa shape index (κ3) is 6.98. The number of carbonyl (C=O) groups is 1. The smallest absolute Gasteiger partial charge is 0.232 e. The van der Waals surface area contributed by atoms with Crippen molar-refractivity contribution in [2.75, 3.05) is 17.1 Å². The van der Waals surface area contributed by atoms with Crippen LogP contribution in [0.4, 0.5) is 5.69 Å². The number of nitrogens with one attached hydrogen (secondary N) is 1. The van der Waals surface area contributed by atoms with Gasteiger partial charge in [0.25, 0.3) is 0 Å². The summed E-state index contributed by atoms with van der Waals surface area (Å²) in [5.41, 5.74) is 2.69. The number of amides is 1. The number of nitrogens with zero attached hydrogens (tertiary/aromatic N) is 1. The molecular weight excluding hydrogens is 348 g/mol. The van der Waals surface area contributed by atoms with Gasteiger partial charge < -0.3 is 5.32 Å². The lowest BCUT2D eigenvalue weighted by atomic mass is 9.93. The number of sulfonamides is 1. The van der Waals surface area contributed by atoms with Crippen molar-refractivity contribution < 1.29 is 13.2 Å². The number of rotatable bonds is 9. The van der Waals surface area contributed by atoms with Gasteiger partial charge in [0.05, 0.1) is 11.9 Å². The highest BCUT2D eigenvalue weighted by Gasteiger charge is 2.21. The van der Waals surface area contributed by atoms with Crippen molar-refractivity contribution in [1.82, 2.24) is 5.32 Å². The van der Waals surface area contributed by atoms with Crippen molar-refractivity contribution in [3.8, 4) is 0 Å². The van der Waals surface area contributed by atoms with Gasteiger partial charge in [0.15, 0.2) is 0 Å². The van der Waals surface area contributed by atoms with Crippen LogP contribution in [0, 0.1) is 25.7 Å². The minimum absolute atomic E-state index is 0.0220. The van der Waals surface area contributed by atoms with E-state index in [-0.39, 0.29) is 11.9 Å². The van der Waals surface area contributed by atoms with Crippen molar-refractivity contribution in [3.63, 3.8) is 0 Å². The van der Waals surface area contributed by atoms with E-state index in [1.807, 2.05) is 32.0 Å². The summed E-state index contributed by atoms with van der Waals surface area (Å²) in [6.45, 7) is 12.6. The maximum atomic E-state index is 12.3. The standard InChI is InChI=1S/C20H34N2O3S/c1-14(2)20(15(3)4)21-19(23)9-8-10-22(26(7,24)25)18-12-16(5)11-17(6)13-18/h11-15,20H,8-10H2,1-7H3,(H,21,23). The van der Waals surface area contributed by atoms with Crippen LogP contribution in [0.3, 0.4) is 0 Å². The summed E-state index contributed by atoms with van der Waals surface area (Å²) in [5, 5.41) is 3.08. The molecule has 1 aromatic carbocycles. The molecule has 1 rings (SSSR count). The van der Waals surface area contributed by atoms with Crippen LogP contribution in [0.5, 0.6) is 0 Å². The van der Waals surface area contributed by atoms with E-state index in [9.17, 15) is 13.2 Å². The highest BCUT2D eigenvalue weighted by Crippen LogP contribution is 2.22. The van der Waals surface area contributed by atoms with Crippen molar-refractivity contribution in [2.24, 2.45) is 11.8 Å². The van der Waals surface area contributed by atoms with Gasteiger partial charge in [-0.05, 0) is 55.4 Å². The van der Waals surface area contributed by atoms with Gasteiger partial charge in [0, 0.05) is 19.0 Å². The van der Waals surface area contributed by atoms with Crippen LogP contribution in [0.15, 0.2) is 18.2 Å². The second-order valence-electron chi connectivity index (χ2n) is 7.87. The topological polar surface area (TPSA) is 66.5 Å². The summed E-state index contributed by atoms with van der Waals surface area (Å²) in [6, 6.07) is 5.87. The predicted molar refractivity (Wildman–Crippen MR) is 109 cm³/mol. The Kier molecular flexibility index (Phi) is 8.13. The lowest BCUT2D eigenvalue weighted by Gasteiger charge is -2.26. The lowest BCUT2D eigenvalue weighted by Crippen LogP contribution is -2.42. The Morgan fingerprint density at radius 3 is 1.96 bits per heavy atom. The second kappa shape index (κ2) is 9.40. The summed E-state index contributed by atoms with van der Waals surface area (Å²) >= 11 is 0. The Labute approximate surface area is 159 Å². The first-order chi connectivity index (χ1) is 11.9. The molecule has 0 saturated carbocycles. The van der Waals surface area contributed by atoms with E-state index in [1.54, 1.807) is 0 Å². The summed E-state index contributed by atoms with van der Waals surface area (Å²) in [7, 11) is -3.40. The Bertz CT molecular complexity index is 684. The van der Waals surface area contributed by atoms with E-state index in [2.05, 4.69) is 33.0 Å². The molecule has 0 fully saturated rings. The fourth-order valence-corrected chi connectivity index (χ4v) is 4.27. The van der Waals surface area contributed by atoms with Crippen molar-refractivity contribution >= 4 is 21.6 Å². The Morgan fingerprint density at radius 1 is 1.04 bits per heavy atom. The van der Waals surface area contributed by atoms with Crippen LogP contribution in [0.25, 0.3) is 0 Å². The van der Waals surface area contributed by atoms with Gasteiger partial charge in [-0.3, -0.25) is 9.10 Å². The molecule has 148 valence electrons. The van der Waals surface area contributed by atoms with Crippen LogP contribution in [-0.2, 0) is 14.8 Å². The molecule has 1 aromatic rings. The van der Waals surface area contributed by atoms with E-state index in [0.29, 0.717) is 36.9 Å². The zero-order chi connectivity index (χ0) is 20.1. The van der Waals surface area contributed by atoms with Crippen LogP contribution in [0.1, 0.15) is 51.7 Å². The zero-order valence-corrected chi connectivity index (χ0v) is 18.0. The molecular formula is C20H34N2O3S. The van der Waals surface area contributed by atoms with Crippen molar-refractivity contribution in [3.05, 3.63) is 29.3 Å². The molecule has 0 bridgehead atoms. The van der Waals surface area contributed by atoms with Gasteiger partial charge in [0.1, 0.15) is 0 Å². The first-order valence-electron chi connectivity index (χ1n) is 9.27. The highest BCUT2D eigenvalue weighted by molar-refractivity contribution is 7.92. The quantitative estimate of drug-likeness (QED) is 0.709. The minimum atomic E-state index is -3.40. The first-order valence-corrected chi connectivity index (χ1v) is 11.1. The van der Waals surface area contributed by atoms with Crippen LogP contribution >= 0.6 is 0 Å². The predicted octanol–water partition coefficient (Wildman–Crippen LogP) is 3.65. The molecule has 0 aliphatic carbocycles. The number of hydrogen-bond acceptors (Lipinski definition) is 3. The molecule has 26 heavy (non-hydrogen) atoms. The van der Waals surface area contributed by atoms with Gasteiger partial charge in [-0.15, -0.1) is 0 Å².